The minimum Gasteiger partial charge on any atom is -0.381 e. The Morgan fingerprint density at radius 1 is 1.43 bits per heavy atom. The molecule has 1 fully saturated rings. The maximum atomic E-state index is 9.16. The highest BCUT2D eigenvalue weighted by Gasteiger charge is 2.21. The number of aryl methyl sites for hydroxylation is 1. The molecule has 110 valence electrons. The van der Waals surface area contributed by atoms with Crippen LogP contribution in [0.5, 0.6) is 0 Å². The molecule has 1 aromatic heterocycles. The van der Waals surface area contributed by atoms with Gasteiger partial charge in [-0.15, -0.1) is 11.6 Å². The topological polar surface area (TPSA) is 50.8 Å². The van der Waals surface area contributed by atoms with Crippen molar-refractivity contribution in [1.29, 1.82) is 5.26 Å². The van der Waals surface area contributed by atoms with Crippen molar-refractivity contribution < 1.29 is 4.74 Å². The fourth-order valence-corrected chi connectivity index (χ4v) is 2.70. The van der Waals surface area contributed by atoms with Gasteiger partial charge in [-0.2, -0.15) is 5.26 Å². The van der Waals surface area contributed by atoms with Crippen LogP contribution in [-0.4, -0.2) is 22.8 Å². The zero-order valence-electron chi connectivity index (χ0n) is 11.9. The Morgan fingerprint density at radius 3 is 3.00 bits per heavy atom. The second-order valence-corrected chi connectivity index (χ2v) is 5.74. The molecule has 21 heavy (non-hydrogen) atoms. The second-order valence-electron chi connectivity index (χ2n) is 5.47. The Kier molecular flexibility index (Phi) is 4.42. The van der Waals surface area contributed by atoms with Gasteiger partial charge in [0.1, 0.15) is 17.4 Å². The highest BCUT2D eigenvalue weighted by atomic mass is 35.5. The van der Waals surface area contributed by atoms with Gasteiger partial charge in [0.2, 0.25) is 0 Å². The number of nitrogens with zero attached hydrogens (tertiary/aromatic N) is 3. The zero-order valence-corrected chi connectivity index (χ0v) is 12.6. The molecule has 1 saturated carbocycles. The van der Waals surface area contributed by atoms with Crippen molar-refractivity contribution in [3.8, 4) is 6.07 Å². The van der Waals surface area contributed by atoms with E-state index in [4.69, 9.17) is 21.6 Å². The average molecular weight is 304 g/mol. The Hall–Kier alpha value is -1.57. The molecular formula is C16H18ClN3O. The van der Waals surface area contributed by atoms with Crippen LogP contribution in [0.3, 0.4) is 0 Å². The number of hydrogen-bond acceptors (Lipinski definition) is 3. The number of para-hydroxylation sites is 1. The predicted molar refractivity (Wildman–Crippen MR) is 82.2 cm³/mol. The molecule has 0 aliphatic heterocycles. The highest BCUT2D eigenvalue weighted by molar-refractivity contribution is 6.16. The molecule has 0 N–H and O–H groups in total. The number of benzene rings is 1. The number of fused-ring (bicyclic) bond motifs is 1. The van der Waals surface area contributed by atoms with Gasteiger partial charge in [-0.25, -0.2) is 4.98 Å². The quantitative estimate of drug-likeness (QED) is 0.581. The summed E-state index contributed by atoms with van der Waals surface area (Å²) in [6.07, 6.45) is 3.57. The van der Waals surface area contributed by atoms with E-state index in [1.54, 1.807) is 6.07 Å². The number of hydrogen-bond donors (Lipinski definition) is 0. The summed E-state index contributed by atoms with van der Waals surface area (Å²) >= 11 is 5.99. The van der Waals surface area contributed by atoms with Crippen LogP contribution >= 0.6 is 11.6 Å². The normalized spacial score (nSPS) is 14.5. The van der Waals surface area contributed by atoms with Gasteiger partial charge in [-0.1, -0.05) is 6.07 Å². The molecule has 0 saturated heterocycles. The molecule has 5 heteroatoms. The minimum atomic E-state index is 0.350. The Morgan fingerprint density at radius 2 is 2.29 bits per heavy atom. The number of ether oxygens (including phenoxy) is 1. The molecule has 2 aromatic rings. The molecule has 0 atom stereocenters. The number of halogens is 1. The van der Waals surface area contributed by atoms with Gasteiger partial charge < -0.3 is 9.30 Å². The standard InChI is InChI=1S/C16H18ClN3O/c17-9-15-19-16-13(10-18)3-1-4-14(16)20(15)7-2-8-21-11-12-5-6-12/h1,3-4,12H,2,5-9,11H2. The van der Waals surface area contributed by atoms with E-state index in [1.807, 2.05) is 12.1 Å². The third-order valence-electron chi connectivity index (χ3n) is 3.82. The molecular weight excluding hydrogens is 286 g/mol. The lowest BCUT2D eigenvalue weighted by atomic mass is 10.2. The van der Waals surface area contributed by atoms with E-state index >= 15 is 0 Å². The van der Waals surface area contributed by atoms with E-state index in [2.05, 4.69) is 15.6 Å². The van der Waals surface area contributed by atoms with E-state index in [9.17, 15) is 0 Å². The van der Waals surface area contributed by atoms with Gasteiger partial charge in [0, 0.05) is 19.8 Å². The first-order valence-electron chi connectivity index (χ1n) is 7.35. The monoisotopic (exact) mass is 303 g/mol. The number of rotatable bonds is 7. The molecule has 0 bridgehead atoms. The number of alkyl halides is 1. The summed E-state index contributed by atoms with van der Waals surface area (Å²) in [6.45, 7) is 2.47. The molecule has 0 radical (unpaired) electrons. The van der Waals surface area contributed by atoms with Gasteiger partial charge >= 0.3 is 0 Å². The molecule has 0 spiro atoms. The Balaban J connectivity index is 1.71. The average Bonchev–Trinajstić information content (AvgIpc) is 3.26. The maximum absolute atomic E-state index is 9.16. The summed E-state index contributed by atoms with van der Waals surface area (Å²) < 4.78 is 7.77. The Bertz CT molecular complexity index is 670. The minimum absolute atomic E-state index is 0.350. The van der Waals surface area contributed by atoms with Gasteiger partial charge in [0.05, 0.1) is 17.0 Å². The van der Waals surface area contributed by atoms with Crippen LogP contribution in [0.15, 0.2) is 18.2 Å². The van der Waals surface area contributed by atoms with Gasteiger partial charge in [-0.05, 0) is 37.3 Å². The second kappa shape index (κ2) is 6.46. The van der Waals surface area contributed by atoms with E-state index in [0.29, 0.717) is 11.4 Å². The number of aromatic nitrogens is 2. The fourth-order valence-electron chi connectivity index (χ4n) is 2.50. The number of imidazole rings is 1. The van der Waals surface area contributed by atoms with Crippen LogP contribution in [0.2, 0.25) is 0 Å². The highest BCUT2D eigenvalue weighted by Crippen LogP contribution is 2.28. The van der Waals surface area contributed by atoms with Crippen LogP contribution < -0.4 is 0 Å². The van der Waals surface area contributed by atoms with Crippen molar-refractivity contribution >= 4 is 22.6 Å². The summed E-state index contributed by atoms with van der Waals surface area (Å²) in [5.74, 6) is 1.97. The molecule has 4 nitrogen and oxygen atoms in total. The molecule has 1 aromatic carbocycles. The zero-order chi connectivity index (χ0) is 14.7. The fraction of sp³-hybridized carbons (Fsp3) is 0.500. The van der Waals surface area contributed by atoms with Crippen LogP contribution in [0, 0.1) is 17.2 Å². The lowest BCUT2D eigenvalue weighted by Crippen LogP contribution is -2.06. The van der Waals surface area contributed by atoms with Crippen molar-refractivity contribution in [2.75, 3.05) is 13.2 Å². The van der Waals surface area contributed by atoms with Crippen molar-refractivity contribution in [1.82, 2.24) is 9.55 Å². The summed E-state index contributed by atoms with van der Waals surface area (Å²) in [6, 6.07) is 7.85. The third-order valence-corrected chi connectivity index (χ3v) is 4.06. The Labute approximate surface area is 129 Å². The molecule has 1 aliphatic carbocycles. The van der Waals surface area contributed by atoms with Crippen molar-refractivity contribution in [3.63, 3.8) is 0 Å². The SMILES string of the molecule is N#Cc1cccc2c1nc(CCl)n2CCCOCC1CC1. The first-order chi connectivity index (χ1) is 10.3. The van der Waals surface area contributed by atoms with E-state index in [-0.39, 0.29) is 0 Å². The first-order valence-corrected chi connectivity index (χ1v) is 7.89. The van der Waals surface area contributed by atoms with E-state index in [0.717, 1.165) is 49.0 Å². The van der Waals surface area contributed by atoms with Crippen LogP contribution in [0.1, 0.15) is 30.7 Å². The summed E-state index contributed by atoms with van der Waals surface area (Å²) in [5, 5.41) is 9.16. The van der Waals surface area contributed by atoms with Gasteiger partial charge in [0.25, 0.3) is 0 Å². The maximum Gasteiger partial charge on any atom is 0.124 e. The molecule has 3 rings (SSSR count). The van der Waals surface area contributed by atoms with E-state index < -0.39 is 0 Å². The first kappa shape index (κ1) is 14.4. The summed E-state index contributed by atoms with van der Waals surface area (Å²) in [5.41, 5.74) is 2.32. The van der Waals surface area contributed by atoms with Gasteiger partial charge in [-0.3, -0.25) is 0 Å². The lowest BCUT2D eigenvalue weighted by Gasteiger charge is -2.08. The van der Waals surface area contributed by atoms with Crippen molar-refractivity contribution in [2.45, 2.75) is 31.7 Å². The van der Waals surface area contributed by atoms with Crippen molar-refractivity contribution in [3.05, 3.63) is 29.6 Å². The predicted octanol–water partition coefficient (Wildman–Crippen LogP) is 3.46. The van der Waals surface area contributed by atoms with Crippen LogP contribution in [0.25, 0.3) is 11.0 Å². The molecule has 0 amide bonds. The third kappa shape index (κ3) is 3.20. The summed E-state index contributed by atoms with van der Waals surface area (Å²) in [7, 11) is 0. The number of nitriles is 1. The molecule has 0 unspecified atom stereocenters. The molecule has 1 heterocycles. The van der Waals surface area contributed by atoms with E-state index in [1.165, 1.54) is 12.8 Å². The van der Waals surface area contributed by atoms with Crippen LogP contribution in [0.4, 0.5) is 0 Å². The van der Waals surface area contributed by atoms with Gasteiger partial charge in [0.15, 0.2) is 0 Å². The van der Waals surface area contributed by atoms with Crippen LogP contribution in [-0.2, 0) is 17.2 Å². The largest absolute Gasteiger partial charge is 0.381 e. The smallest absolute Gasteiger partial charge is 0.124 e. The van der Waals surface area contributed by atoms with Crippen molar-refractivity contribution in [2.24, 2.45) is 5.92 Å². The summed E-state index contributed by atoms with van der Waals surface area (Å²) in [4.78, 5) is 4.51. The molecule has 1 aliphatic rings. The lowest BCUT2D eigenvalue weighted by molar-refractivity contribution is 0.119.